The second-order valence-electron chi connectivity index (χ2n) is 2.91. The maximum Gasteiger partial charge on any atom is 0.354 e. The molecule has 4 nitrogen and oxygen atoms in total. The standard InChI is InChI=1S/C9H7FN2O2/c1-12-8(9(13)14)5-3-2-4-6(10)7(5)11-12/h2-4H,1H3,(H,13,14). The second-order valence-corrected chi connectivity index (χ2v) is 2.91. The lowest BCUT2D eigenvalue weighted by molar-refractivity contribution is 0.0687. The Labute approximate surface area is 78.6 Å². The molecular formula is C9H7FN2O2. The van der Waals surface area contributed by atoms with E-state index in [9.17, 15) is 9.18 Å². The fraction of sp³-hybridized carbons (Fsp3) is 0.111. The van der Waals surface area contributed by atoms with Gasteiger partial charge in [0.15, 0.2) is 11.5 Å². The molecule has 14 heavy (non-hydrogen) atoms. The lowest BCUT2D eigenvalue weighted by Crippen LogP contribution is -2.05. The summed E-state index contributed by atoms with van der Waals surface area (Å²) in [4.78, 5) is 10.8. The van der Waals surface area contributed by atoms with E-state index in [1.807, 2.05) is 0 Å². The van der Waals surface area contributed by atoms with Gasteiger partial charge >= 0.3 is 5.97 Å². The molecule has 0 radical (unpaired) electrons. The lowest BCUT2D eigenvalue weighted by atomic mass is 10.2. The summed E-state index contributed by atoms with van der Waals surface area (Å²) in [7, 11) is 1.48. The van der Waals surface area contributed by atoms with E-state index < -0.39 is 11.8 Å². The molecule has 0 spiro atoms. The zero-order valence-electron chi connectivity index (χ0n) is 7.36. The third-order valence-electron chi connectivity index (χ3n) is 2.02. The van der Waals surface area contributed by atoms with Crippen LogP contribution in [-0.4, -0.2) is 20.9 Å². The van der Waals surface area contributed by atoms with Crippen molar-refractivity contribution in [1.82, 2.24) is 9.78 Å². The summed E-state index contributed by atoms with van der Waals surface area (Å²) in [5.74, 6) is -1.62. The van der Waals surface area contributed by atoms with Gasteiger partial charge in [0.05, 0.1) is 0 Å². The molecule has 0 saturated heterocycles. The van der Waals surface area contributed by atoms with E-state index in [-0.39, 0.29) is 11.2 Å². The molecule has 72 valence electrons. The predicted octanol–water partition coefficient (Wildman–Crippen LogP) is 1.41. The highest BCUT2D eigenvalue weighted by atomic mass is 19.1. The zero-order valence-corrected chi connectivity index (χ0v) is 7.36. The normalized spacial score (nSPS) is 10.7. The summed E-state index contributed by atoms with van der Waals surface area (Å²) in [5.41, 5.74) is 0.0897. The van der Waals surface area contributed by atoms with E-state index in [2.05, 4.69) is 5.10 Å². The molecule has 5 heteroatoms. The van der Waals surface area contributed by atoms with Gasteiger partial charge in [-0.3, -0.25) is 4.68 Å². The van der Waals surface area contributed by atoms with Crippen LogP contribution in [0.2, 0.25) is 0 Å². The van der Waals surface area contributed by atoms with Gasteiger partial charge in [0.2, 0.25) is 0 Å². The van der Waals surface area contributed by atoms with E-state index >= 15 is 0 Å². The first-order valence-electron chi connectivity index (χ1n) is 3.96. The van der Waals surface area contributed by atoms with Gasteiger partial charge in [0.1, 0.15) is 5.52 Å². The van der Waals surface area contributed by atoms with Crippen LogP contribution in [0.25, 0.3) is 10.9 Å². The lowest BCUT2D eigenvalue weighted by Gasteiger charge is -1.93. The van der Waals surface area contributed by atoms with Gasteiger partial charge in [-0.2, -0.15) is 5.10 Å². The summed E-state index contributed by atoms with van der Waals surface area (Å²) in [6.45, 7) is 0. The van der Waals surface area contributed by atoms with Gasteiger partial charge in [0.25, 0.3) is 0 Å². The summed E-state index contributed by atoms with van der Waals surface area (Å²) in [6.07, 6.45) is 0. The smallest absolute Gasteiger partial charge is 0.354 e. The number of hydrogen-bond donors (Lipinski definition) is 1. The molecule has 0 amide bonds. The number of fused-ring (bicyclic) bond motifs is 1. The van der Waals surface area contributed by atoms with Crippen LogP contribution >= 0.6 is 0 Å². The minimum absolute atomic E-state index is 0.000463. The Hall–Kier alpha value is -1.91. The van der Waals surface area contributed by atoms with Crippen LogP contribution in [0.1, 0.15) is 10.5 Å². The second kappa shape index (κ2) is 2.80. The molecule has 1 aromatic carbocycles. The van der Waals surface area contributed by atoms with Crippen molar-refractivity contribution in [3.05, 3.63) is 29.7 Å². The first-order valence-corrected chi connectivity index (χ1v) is 3.96. The van der Waals surface area contributed by atoms with Crippen LogP contribution in [0.15, 0.2) is 18.2 Å². The summed E-state index contributed by atoms with van der Waals surface area (Å²) >= 11 is 0. The van der Waals surface area contributed by atoms with Gasteiger partial charge in [0, 0.05) is 12.4 Å². The molecule has 0 atom stereocenters. The SMILES string of the molecule is Cn1nc2c(F)cccc2c1C(=O)O. The number of carbonyl (C=O) groups is 1. The third-order valence-corrected chi connectivity index (χ3v) is 2.02. The maximum atomic E-state index is 13.2. The molecule has 1 N–H and O–H groups in total. The van der Waals surface area contributed by atoms with Gasteiger partial charge in [-0.25, -0.2) is 9.18 Å². The molecule has 0 aliphatic carbocycles. The van der Waals surface area contributed by atoms with Crippen molar-refractivity contribution in [2.24, 2.45) is 7.05 Å². The van der Waals surface area contributed by atoms with Gasteiger partial charge in [-0.1, -0.05) is 12.1 Å². The topological polar surface area (TPSA) is 55.1 Å². The van der Waals surface area contributed by atoms with Crippen molar-refractivity contribution in [1.29, 1.82) is 0 Å². The van der Waals surface area contributed by atoms with Gasteiger partial charge < -0.3 is 5.11 Å². The summed E-state index contributed by atoms with van der Waals surface area (Å²) in [5, 5.41) is 13.0. The maximum absolute atomic E-state index is 13.2. The molecule has 0 bridgehead atoms. The zero-order chi connectivity index (χ0) is 10.3. The van der Waals surface area contributed by atoms with Crippen LogP contribution in [0.5, 0.6) is 0 Å². The van der Waals surface area contributed by atoms with E-state index in [4.69, 9.17) is 5.11 Å². The van der Waals surface area contributed by atoms with Gasteiger partial charge in [-0.05, 0) is 6.07 Å². The number of rotatable bonds is 1. The Morgan fingerprint density at radius 3 is 2.93 bits per heavy atom. The molecule has 1 heterocycles. The fourth-order valence-corrected chi connectivity index (χ4v) is 1.44. The number of aromatic carboxylic acids is 1. The molecule has 0 fully saturated rings. The van der Waals surface area contributed by atoms with Crippen LogP contribution in [-0.2, 0) is 7.05 Å². The number of halogens is 1. The van der Waals surface area contributed by atoms with Crippen molar-refractivity contribution in [3.8, 4) is 0 Å². The highest BCUT2D eigenvalue weighted by molar-refractivity contribution is 6.01. The number of aromatic nitrogens is 2. The fourth-order valence-electron chi connectivity index (χ4n) is 1.44. The first kappa shape index (κ1) is 8.68. The largest absolute Gasteiger partial charge is 0.477 e. The van der Waals surface area contributed by atoms with E-state index in [0.717, 1.165) is 4.68 Å². The Morgan fingerprint density at radius 2 is 2.29 bits per heavy atom. The number of benzene rings is 1. The Balaban J connectivity index is 2.90. The minimum atomic E-state index is -1.11. The minimum Gasteiger partial charge on any atom is -0.477 e. The quantitative estimate of drug-likeness (QED) is 0.746. The monoisotopic (exact) mass is 194 g/mol. The highest BCUT2D eigenvalue weighted by Gasteiger charge is 2.16. The summed E-state index contributed by atoms with van der Waals surface area (Å²) in [6, 6.07) is 4.25. The van der Waals surface area contributed by atoms with E-state index in [0.29, 0.717) is 5.39 Å². The van der Waals surface area contributed by atoms with Crippen molar-refractivity contribution in [3.63, 3.8) is 0 Å². The average Bonchev–Trinajstić information content (AvgIpc) is 2.42. The molecule has 0 saturated carbocycles. The predicted molar refractivity (Wildman–Crippen MR) is 47.6 cm³/mol. The molecule has 0 unspecified atom stereocenters. The van der Waals surface area contributed by atoms with Gasteiger partial charge in [-0.15, -0.1) is 0 Å². The van der Waals surface area contributed by atoms with Crippen molar-refractivity contribution in [2.75, 3.05) is 0 Å². The van der Waals surface area contributed by atoms with Crippen molar-refractivity contribution >= 4 is 16.9 Å². The molecular weight excluding hydrogens is 187 g/mol. The molecule has 1 aromatic heterocycles. The Bertz CT molecular complexity index is 519. The van der Waals surface area contributed by atoms with E-state index in [1.165, 1.54) is 25.2 Å². The number of carboxylic acids is 1. The molecule has 0 aliphatic heterocycles. The Morgan fingerprint density at radius 1 is 1.57 bits per heavy atom. The highest BCUT2D eigenvalue weighted by Crippen LogP contribution is 2.19. The molecule has 0 aliphatic rings. The van der Waals surface area contributed by atoms with E-state index in [1.54, 1.807) is 0 Å². The number of carboxylic acid groups (broad SMARTS) is 1. The van der Waals surface area contributed by atoms with Crippen LogP contribution in [0.3, 0.4) is 0 Å². The average molecular weight is 194 g/mol. The number of aryl methyl sites for hydroxylation is 1. The summed E-state index contributed by atoms with van der Waals surface area (Å²) < 4.78 is 14.3. The van der Waals surface area contributed by atoms with Crippen LogP contribution in [0.4, 0.5) is 4.39 Å². The molecule has 2 aromatic rings. The first-order chi connectivity index (χ1) is 6.61. The Kier molecular flexibility index (Phi) is 1.73. The number of nitrogens with zero attached hydrogens (tertiary/aromatic N) is 2. The van der Waals surface area contributed by atoms with Crippen LogP contribution in [0, 0.1) is 5.82 Å². The number of hydrogen-bond acceptors (Lipinski definition) is 2. The molecule has 2 rings (SSSR count). The van der Waals surface area contributed by atoms with Crippen LogP contribution < -0.4 is 0 Å². The van der Waals surface area contributed by atoms with Crippen molar-refractivity contribution in [2.45, 2.75) is 0 Å². The third kappa shape index (κ3) is 1.06. The van der Waals surface area contributed by atoms with Crippen molar-refractivity contribution < 1.29 is 14.3 Å².